The van der Waals surface area contributed by atoms with Crippen molar-refractivity contribution < 1.29 is 4.74 Å². The number of benzene rings is 1. The predicted molar refractivity (Wildman–Crippen MR) is 109 cm³/mol. The van der Waals surface area contributed by atoms with Gasteiger partial charge in [-0.3, -0.25) is 4.98 Å². The predicted octanol–water partition coefficient (Wildman–Crippen LogP) is 4.89. The fourth-order valence-corrected chi connectivity index (χ4v) is 3.86. The molecule has 3 aromatic heterocycles. The van der Waals surface area contributed by atoms with E-state index in [0.717, 1.165) is 29.0 Å². The van der Waals surface area contributed by atoms with E-state index in [9.17, 15) is 0 Å². The highest BCUT2D eigenvalue weighted by atomic mass is 28.3. The van der Waals surface area contributed by atoms with Crippen LogP contribution in [0.2, 0.25) is 25.7 Å². The normalized spacial score (nSPS) is 12.3. The van der Waals surface area contributed by atoms with Crippen molar-refractivity contribution in [3.05, 3.63) is 48.9 Å². The van der Waals surface area contributed by atoms with Gasteiger partial charge in [0, 0.05) is 44.2 Å². The van der Waals surface area contributed by atoms with Crippen LogP contribution in [0, 0.1) is 0 Å². The minimum Gasteiger partial charge on any atom is -0.361 e. The topological polar surface area (TPSA) is 55.7 Å². The number of fused-ring (bicyclic) bond motifs is 2. The van der Waals surface area contributed by atoms with Crippen molar-refractivity contribution in [2.45, 2.75) is 32.4 Å². The van der Waals surface area contributed by atoms with E-state index in [1.807, 2.05) is 0 Å². The van der Waals surface area contributed by atoms with Crippen LogP contribution in [0.1, 0.15) is 0 Å². The molecule has 0 bridgehead atoms. The fourth-order valence-electron chi connectivity index (χ4n) is 3.11. The first-order valence-electron chi connectivity index (χ1n) is 8.97. The lowest BCUT2D eigenvalue weighted by atomic mass is 10.1. The van der Waals surface area contributed by atoms with E-state index in [0.29, 0.717) is 6.73 Å². The lowest BCUT2D eigenvalue weighted by Crippen LogP contribution is -2.21. The quantitative estimate of drug-likeness (QED) is 0.391. The Morgan fingerprint density at radius 3 is 2.73 bits per heavy atom. The maximum absolute atomic E-state index is 5.97. The first-order chi connectivity index (χ1) is 12.5. The molecule has 0 aliphatic rings. The van der Waals surface area contributed by atoms with Crippen LogP contribution in [0.25, 0.3) is 33.3 Å². The Kier molecular flexibility index (Phi) is 4.38. The number of hydrogen-bond donors (Lipinski definition) is 1. The van der Waals surface area contributed by atoms with Crippen molar-refractivity contribution in [2.75, 3.05) is 6.61 Å². The van der Waals surface area contributed by atoms with Gasteiger partial charge in [-0.1, -0.05) is 37.8 Å². The molecule has 0 spiro atoms. The molecule has 5 nitrogen and oxygen atoms in total. The van der Waals surface area contributed by atoms with Crippen molar-refractivity contribution in [3.63, 3.8) is 0 Å². The lowest BCUT2D eigenvalue weighted by molar-refractivity contribution is 0.0903. The molecule has 0 aliphatic carbocycles. The fraction of sp³-hybridized carbons (Fsp3) is 0.300. The summed E-state index contributed by atoms with van der Waals surface area (Å²) >= 11 is 0. The van der Waals surface area contributed by atoms with Gasteiger partial charge in [-0.05, 0) is 18.2 Å². The Hall–Kier alpha value is -2.44. The molecule has 0 radical (unpaired) electrons. The second-order valence-electron chi connectivity index (χ2n) is 7.85. The van der Waals surface area contributed by atoms with Crippen LogP contribution in [0.4, 0.5) is 0 Å². The summed E-state index contributed by atoms with van der Waals surface area (Å²) in [6.07, 6.45) is 5.58. The average molecular weight is 365 g/mol. The monoisotopic (exact) mass is 364 g/mol. The van der Waals surface area contributed by atoms with Crippen LogP contribution in [0.5, 0.6) is 0 Å². The number of para-hydroxylation sites is 1. The third-order valence-corrected chi connectivity index (χ3v) is 6.27. The van der Waals surface area contributed by atoms with Gasteiger partial charge in [0.1, 0.15) is 12.2 Å². The molecule has 4 aromatic rings. The second-order valence-corrected chi connectivity index (χ2v) is 13.5. The van der Waals surface area contributed by atoms with Crippen LogP contribution >= 0.6 is 0 Å². The zero-order valence-electron chi connectivity index (χ0n) is 15.5. The van der Waals surface area contributed by atoms with Crippen LogP contribution in [-0.4, -0.2) is 34.2 Å². The minimum atomic E-state index is -1.07. The highest BCUT2D eigenvalue weighted by Gasteiger charge is 2.14. The van der Waals surface area contributed by atoms with Gasteiger partial charge in [0.05, 0.1) is 11.2 Å². The molecule has 134 valence electrons. The molecule has 26 heavy (non-hydrogen) atoms. The van der Waals surface area contributed by atoms with Crippen LogP contribution in [0.3, 0.4) is 0 Å². The highest BCUT2D eigenvalue weighted by molar-refractivity contribution is 6.76. The van der Waals surface area contributed by atoms with Crippen molar-refractivity contribution in [2.24, 2.45) is 0 Å². The Labute approximate surface area is 154 Å². The Balaban J connectivity index is 1.65. The summed E-state index contributed by atoms with van der Waals surface area (Å²) in [4.78, 5) is 12.1. The van der Waals surface area contributed by atoms with E-state index in [1.165, 1.54) is 16.9 Å². The third-order valence-electron chi connectivity index (χ3n) is 4.57. The molecule has 0 saturated heterocycles. The zero-order chi connectivity index (χ0) is 18.1. The standard InChI is InChI=1S/C20H24N4OSi/c1-26(2,3)11-10-25-14-24-13-16(15-6-4-5-7-19(15)24)17-12-18-20(23-17)22-9-8-21-18/h4-9,12-13H,10-11,14H2,1-3H3,(H,22,23). The summed E-state index contributed by atoms with van der Waals surface area (Å²) in [5, 5.41) is 1.20. The minimum absolute atomic E-state index is 0.571. The zero-order valence-corrected chi connectivity index (χ0v) is 16.5. The molecule has 0 saturated carbocycles. The van der Waals surface area contributed by atoms with E-state index >= 15 is 0 Å². The highest BCUT2D eigenvalue weighted by Crippen LogP contribution is 2.31. The molecule has 0 unspecified atom stereocenters. The summed E-state index contributed by atoms with van der Waals surface area (Å²) in [5.41, 5.74) is 5.05. The number of nitrogens with zero attached hydrogens (tertiary/aromatic N) is 3. The third kappa shape index (κ3) is 3.43. The van der Waals surface area contributed by atoms with Crippen molar-refractivity contribution >= 4 is 30.1 Å². The van der Waals surface area contributed by atoms with Crippen LogP contribution in [-0.2, 0) is 11.5 Å². The van der Waals surface area contributed by atoms with E-state index in [-0.39, 0.29) is 0 Å². The number of nitrogens with one attached hydrogen (secondary N) is 1. The molecule has 4 rings (SSSR count). The first-order valence-corrected chi connectivity index (χ1v) is 12.7. The molecule has 0 aliphatic heterocycles. The van der Waals surface area contributed by atoms with Gasteiger partial charge >= 0.3 is 0 Å². The van der Waals surface area contributed by atoms with Gasteiger partial charge in [0.25, 0.3) is 0 Å². The van der Waals surface area contributed by atoms with E-state index < -0.39 is 8.07 Å². The molecular formula is C20H24N4OSi. The molecular weight excluding hydrogens is 340 g/mol. The molecule has 3 heterocycles. The molecule has 1 N–H and O–H groups in total. The first kappa shape index (κ1) is 17.0. The average Bonchev–Trinajstić information content (AvgIpc) is 3.19. The van der Waals surface area contributed by atoms with Gasteiger partial charge in [0.2, 0.25) is 0 Å². The van der Waals surface area contributed by atoms with Gasteiger partial charge in [0.15, 0.2) is 5.65 Å². The number of rotatable bonds is 6. The van der Waals surface area contributed by atoms with E-state index in [2.05, 4.69) is 75.7 Å². The summed E-state index contributed by atoms with van der Waals surface area (Å²) in [7, 11) is -1.07. The maximum Gasteiger partial charge on any atom is 0.156 e. The summed E-state index contributed by atoms with van der Waals surface area (Å²) in [6, 6.07) is 11.7. The SMILES string of the molecule is C[Si](C)(C)CCOCn1cc(-c2cc3nccnc3[nH]2)c2ccccc21. The van der Waals surface area contributed by atoms with Crippen molar-refractivity contribution in [1.29, 1.82) is 0 Å². The van der Waals surface area contributed by atoms with Gasteiger partial charge in [-0.15, -0.1) is 0 Å². The number of ether oxygens (including phenoxy) is 1. The molecule has 0 fully saturated rings. The molecule has 0 atom stereocenters. The number of hydrogen-bond acceptors (Lipinski definition) is 3. The molecule has 6 heteroatoms. The number of aromatic nitrogens is 4. The van der Waals surface area contributed by atoms with Gasteiger partial charge in [-0.2, -0.15) is 0 Å². The van der Waals surface area contributed by atoms with Crippen LogP contribution < -0.4 is 0 Å². The molecule has 1 aromatic carbocycles. The van der Waals surface area contributed by atoms with E-state index in [4.69, 9.17) is 4.74 Å². The van der Waals surface area contributed by atoms with Crippen molar-refractivity contribution in [3.8, 4) is 11.3 Å². The summed E-state index contributed by atoms with van der Waals surface area (Å²) in [6.45, 7) is 8.51. The number of aromatic amines is 1. The largest absolute Gasteiger partial charge is 0.361 e. The summed E-state index contributed by atoms with van der Waals surface area (Å²) < 4.78 is 8.16. The van der Waals surface area contributed by atoms with Crippen molar-refractivity contribution in [1.82, 2.24) is 19.5 Å². The molecule has 0 amide bonds. The number of H-pyrrole nitrogens is 1. The Morgan fingerprint density at radius 2 is 1.92 bits per heavy atom. The van der Waals surface area contributed by atoms with E-state index in [1.54, 1.807) is 12.4 Å². The van der Waals surface area contributed by atoms with Gasteiger partial charge < -0.3 is 14.3 Å². The smallest absolute Gasteiger partial charge is 0.156 e. The lowest BCUT2D eigenvalue weighted by Gasteiger charge is -2.15. The van der Waals surface area contributed by atoms with Gasteiger partial charge in [-0.25, -0.2) is 4.98 Å². The van der Waals surface area contributed by atoms with Crippen LogP contribution in [0.15, 0.2) is 48.9 Å². The Morgan fingerprint density at radius 1 is 1.12 bits per heavy atom. The summed E-state index contributed by atoms with van der Waals surface area (Å²) in [5.74, 6) is 0. The maximum atomic E-state index is 5.97. The second kappa shape index (κ2) is 6.70. The Bertz CT molecular complexity index is 1010.